The van der Waals surface area contributed by atoms with Gasteiger partial charge in [0.1, 0.15) is 0 Å². The maximum absolute atomic E-state index is 5.61. The molecule has 2 aliphatic heterocycles. The third kappa shape index (κ3) is 9.35. The molecule has 2 fully saturated rings. The van der Waals surface area contributed by atoms with Crippen molar-refractivity contribution in [2.45, 2.75) is 37.9 Å². The normalized spacial score (nSPS) is 24.6. The Bertz CT molecular complexity index is 199. The van der Waals surface area contributed by atoms with Gasteiger partial charge in [-0.2, -0.15) is 0 Å². The maximum Gasteiger partial charge on any atom is 0.0933 e. The Kier molecular flexibility index (Phi) is 7.73. The maximum atomic E-state index is 5.61. The van der Waals surface area contributed by atoms with Gasteiger partial charge in [-0.25, -0.2) is 0 Å². The Labute approximate surface area is 116 Å². The summed E-state index contributed by atoms with van der Waals surface area (Å²) < 4.78 is 15.9. The van der Waals surface area contributed by atoms with E-state index in [0.29, 0.717) is 12.2 Å². The molecule has 112 valence electrons. The smallest absolute Gasteiger partial charge is 0.0933 e. The van der Waals surface area contributed by atoms with Gasteiger partial charge in [0.25, 0.3) is 0 Å². The van der Waals surface area contributed by atoms with E-state index >= 15 is 0 Å². The minimum atomic E-state index is 0.497. The van der Waals surface area contributed by atoms with E-state index in [9.17, 15) is 0 Å². The molecule has 0 aromatic rings. The van der Waals surface area contributed by atoms with Gasteiger partial charge in [0.2, 0.25) is 0 Å². The molecule has 2 heterocycles. The van der Waals surface area contributed by atoms with Gasteiger partial charge in [-0.15, -0.1) is 0 Å². The van der Waals surface area contributed by atoms with Crippen LogP contribution in [0.3, 0.4) is 0 Å². The van der Waals surface area contributed by atoms with E-state index < -0.39 is 0 Å². The molecule has 0 bridgehead atoms. The monoisotopic (exact) mass is 272 g/mol. The summed E-state index contributed by atoms with van der Waals surface area (Å²) in [6, 6.07) is 0. The Morgan fingerprint density at radius 1 is 0.789 bits per heavy atom. The number of ether oxygens (including phenoxy) is 3. The topological polar surface area (TPSA) is 58.4 Å². The standard InChI is InChI=1S/C14H28N2O3/c1(5-15-9-13-11-18-13)3-7-17-8-4-2-6-16-10-14-12-19-14/h13-16H,1-12H2. The second-order valence-corrected chi connectivity index (χ2v) is 5.35. The van der Waals surface area contributed by atoms with E-state index in [2.05, 4.69) is 10.6 Å². The molecule has 2 saturated heterocycles. The van der Waals surface area contributed by atoms with Crippen LogP contribution in [0.1, 0.15) is 25.7 Å². The number of unbranched alkanes of at least 4 members (excludes halogenated alkanes) is 2. The van der Waals surface area contributed by atoms with Crippen LogP contribution in [0.4, 0.5) is 0 Å². The lowest BCUT2D eigenvalue weighted by Gasteiger charge is -2.05. The molecule has 2 atom stereocenters. The third-order valence-electron chi connectivity index (χ3n) is 3.33. The van der Waals surface area contributed by atoms with Crippen molar-refractivity contribution >= 4 is 0 Å². The van der Waals surface area contributed by atoms with Crippen LogP contribution >= 0.6 is 0 Å². The average molecular weight is 272 g/mol. The Balaban J connectivity index is 1.18. The first-order chi connectivity index (χ1) is 9.45. The summed E-state index contributed by atoms with van der Waals surface area (Å²) in [5, 5.41) is 6.78. The summed E-state index contributed by atoms with van der Waals surface area (Å²) >= 11 is 0. The molecule has 0 spiro atoms. The predicted octanol–water partition coefficient (Wildman–Crippen LogP) is 0.540. The van der Waals surface area contributed by atoms with Gasteiger partial charge >= 0.3 is 0 Å². The van der Waals surface area contributed by atoms with Crippen LogP contribution in [0.25, 0.3) is 0 Å². The Morgan fingerprint density at radius 2 is 1.26 bits per heavy atom. The molecule has 2 N–H and O–H groups in total. The van der Waals surface area contributed by atoms with E-state index in [-0.39, 0.29) is 0 Å². The van der Waals surface area contributed by atoms with Crippen molar-refractivity contribution in [3.63, 3.8) is 0 Å². The van der Waals surface area contributed by atoms with Crippen LogP contribution in [0.5, 0.6) is 0 Å². The first kappa shape index (κ1) is 15.2. The summed E-state index contributed by atoms with van der Waals surface area (Å²) in [6.45, 7) is 7.86. The first-order valence-electron chi connectivity index (χ1n) is 7.67. The molecule has 0 amide bonds. The van der Waals surface area contributed by atoms with Crippen molar-refractivity contribution in [1.82, 2.24) is 10.6 Å². The molecule has 0 radical (unpaired) electrons. The minimum absolute atomic E-state index is 0.497. The van der Waals surface area contributed by atoms with Crippen LogP contribution in [0.2, 0.25) is 0 Å². The van der Waals surface area contributed by atoms with Crippen LogP contribution in [0.15, 0.2) is 0 Å². The molecule has 0 aromatic carbocycles. The number of epoxide rings is 2. The molecule has 5 nitrogen and oxygen atoms in total. The highest BCUT2D eigenvalue weighted by molar-refractivity contribution is 4.71. The lowest BCUT2D eigenvalue weighted by atomic mass is 10.3. The SMILES string of the molecule is C(CCOCCCCNCC1CO1)CNCC1CO1. The van der Waals surface area contributed by atoms with Crippen molar-refractivity contribution in [2.24, 2.45) is 0 Å². The zero-order valence-corrected chi connectivity index (χ0v) is 11.9. The van der Waals surface area contributed by atoms with Gasteiger partial charge in [-0.3, -0.25) is 0 Å². The molecule has 0 aliphatic carbocycles. The third-order valence-corrected chi connectivity index (χ3v) is 3.33. The van der Waals surface area contributed by atoms with Gasteiger partial charge in [-0.1, -0.05) is 0 Å². The van der Waals surface area contributed by atoms with Gasteiger partial charge in [0, 0.05) is 26.3 Å². The van der Waals surface area contributed by atoms with Crippen LogP contribution in [0, 0.1) is 0 Å². The zero-order chi connectivity index (χ0) is 13.2. The van der Waals surface area contributed by atoms with Crippen molar-refractivity contribution < 1.29 is 14.2 Å². The Morgan fingerprint density at radius 3 is 1.68 bits per heavy atom. The van der Waals surface area contributed by atoms with Crippen LogP contribution in [-0.2, 0) is 14.2 Å². The first-order valence-corrected chi connectivity index (χ1v) is 7.67. The highest BCUT2D eigenvalue weighted by Crippen LogP contribution is 2.06. The highest BCUT2D eigenvalue weighted by atomic mass is 16.6. The molecular formula is C14H28N2O3. The van der Waals surface area contributed by atoms with Crippen LogP contribution in [-0.4, -0.2) is 64.8 Å². The molecule has 2 aliphatic rings. The van der Waals surface area contributed by atoms with Crippen molar-refractivity contribution in [3.8, 4) is 0 Å². The van der Waals surface area contributed by atoms with Crippen molar-refractivity contribution in [1.29, 1.82) is 0 Å². The summed E-state index contributed by atoms with van der Waals surface area (Å²) in [5.74, 6) is 0. The van der Waals surface area contributed by atoms with Gasteiger partial charge in [0.05, 0.1) is 25.4 Å². The summed E-state index contributed by atoms with van der Waals surface area (Å²) in [6.07, 6.45) is 5.67. The van der Waals surface area contributed by atoms with E-state index in [1.165, 1.54) is 12.8 Å². The summed E-state index contributed by atoms with van der Waals surface area (Å²) in [5.41, 5.74) is 0. The van der Waals surface area contributed by atoms with Gasteiger partial charge in [-0.05, 0) is 38.8 Å². The summed E-state index contributed by atoms with van der Waals surface area (Å²) in [7, 11) is 0. The highest BCUT2D eigenvalue weighted by Gasteiger charge is 2.21. The summed E-state index contributed by atoms with van der Waals surface area (Å²) in [4.78, 5) is 0. The fourth-order valence-electron chi connectivity index (χ4n) is 1.91. The second-order valence-electron chi connectivity index (χ2n) is 5.35. The lowest BCUT2D eigenvalue weighted by Crippen LogP contribution is -2.21. The molecule has 2 unspecified atom stereocenters. The molecule has 5 heteroatoms. The predicted molar refractivity (Wildman–Crippen MR) is 74.5 cm³/mol. The number of nitrogens with one attached hydrogen (secondary N) is 2. The van der Waals surface area contributed by atoms with E-state index in [0.717, 1.165) is 65.4 Å². The number of hydrogen-bond acceptors (Lipinski definition) is 5. The van der Waals surface area contributed by atoms with E-state index in [1.807, 2.05) is 0 Å². The van der Waals surface area contributed by atoms with Gasteiger partial charge in [0.15, 0.2) is 0 Å². The van der Waals surface area contributed by atoms with E-state index in [4.69, 9.17) is 14.2 Å². The molecule has 0 aromatic heterocycles. The Hall–Kier alpha value is -0.200. The fourth-order valence-corrected chi connectivity index (χ4v) is 1.91. The number of hydrogen-bond donors (Lipinski definition) is 2. The lowest BCUT2D eigenvalue weighted by molar-refractivity contribution is 0.126. The molecule has 19 heavy (non-hydrogen) atoms. The average Bonchev–Trinajstić information content (AvgIpc) is 3.28. The molecule has 0 saturated carbocycles. The second kappa shape index (κ2) is 9.66. The van der Waals surface area contributed by atoms with Crippen LogP contribution < -0.4 is 10.6 Å². The van der Waals surface area contributed by atoms with Gasteiger partial charge < -0.3 is 24.8 Å². The fraction of sp³-hybridized carbons (Fsp3) is 1.00. The minimum Gasteiger partial charge on any atom is -0.381 e. The largest absolute Gasteiger partial charge is 0.381 e. The quantitative estimate of drug-likeness (QED) is 0.357. The molecular weight excluding hydrogens is 244 g/mol. The zero-order valence-electron chi connectivity index (χ0n) is 11.9. The molecule has 2 rings (SSSR count). The van der Waals surface area contributed by atoms with Crippen molar-refractivity contribution in [3.05, 3.63) is 0 Å². The number of rotatable bonds is 14. The van der Waals surface area contributed by atoms with Crippen molar-refractivity contribution in [2.75, 3.05) is 52.6 Å². The van der Waals surface area contributed by atoms with E-state index in [1.54, 1.807) is 0 Å².